The number of aromatic nitrogens is 1. The molecule has 20 heavy (non-hydrogen) atoms. The Balaban J connectivity index is 2.68. The lowest BCUT2D eigenvalue weighted by Crippen LogP contribution is -2.56. The number of halogens is 1. The Morgan fingerprint density at radius 1 is 0.900 bits per heavy atom. The van der Waals surface area contributed by atoms with E-state index in [1.54, 1.807) is 12.1 Å². The fraction of sp³-hybridized carbons (Fsp3) is 0.529. The lowest BCUT2D eigenvalue weighted by molar-refractivity contribution is 0.629. The maximum atomic E-state index is 13.4. The highest BCUT2D eigenvalue weighted by atomic mass is 28.3. The summed E-state index contributed by atoms with van der Waals surface area (Å²) in [5.74, 6) is -0.170. The van der Waals surface area contributed by atoms with Crippen LogP contribution in [0.25, 0.3) is 10.9 Å². The van der Waals surface area contributed by atoms with Gasteiger partial charge in [-0.05, 0) is 46.3 Å². The molecule has 0 spiro atoms. The van der Waals surface area contributed by atoms with E-state index in [1.165, 1.54) is 5.32 Å². The molecular weight excluding hydrogens is 265 g/mol. The summed E-state index contributed by atoms with van der Waals surface area (Å²) in [5.41, 5.74) is 2.89. The van der Waals surface area contributed by atoms with Gasteiger partial charge in [-0.2, -0.15) is 0 Å². The molecule has 1 nitrogen and oxygen atoms in total. The van der Waals surface area contributed by atoms with Crippen LogP contribution in [0.15, 0.2) is 24.3 Å². The zero-order valence-electron chi connectivity index (χ0n) is 13.4. The summed E-state index contributed by atoms with van der Waals surface area (Å²) in [7, 11) is -1.68. The maximum Gasteiger partial charge on any atom is 0.125 e. The zero-order valence-corrected chi connectivity index (χ0v) is 14.4. The van der Waals surface area contributed by atoms with Gasteiger partial charge >= 0.3 is 0 Å². The van der Waals surface area contributed by atoms with Gasteiger partial charge in [0.15, 0.2) is 0 Å². The molecule has 0 fully saturated rings. The summed E-state index contributed by atoms with van der Waals surface area (Å²) in [6, 6.07) is 7.30. The molecule has 0 aliphatic rings. The van der Waals surface area contributed by atoms with Gasteiger partial charge in [-0.3, -0.25) is 0 Å². The van der Waals surface area contributed by atoms with Gasteiger partial charge in [0.05, 0.1) is 0 Å². The largest absolute Gasteiger partial charge is 0.362 e. The summed E-state index contributed by atoms with van der Waals surface area (Å²) in [6.07, 6.45) is 0. The third kappa shape index (κ3) is 2.22. The highest BCUT2D eigenvalue weighted by Gasteiger charge is 2.45. The van der Waals surface area contributed by atoms with Crippen molar-refractivity contribution in [3.05, 3.63) is 30.1 Å². The molecule has 0 atom stereocenters. The van der Waals surface area contributed by atoms with Crippen LogP contribution in [0.5, 0.6) is 0 Å². The van der Waals surface area contributed by atoms with E-state index in [2.05, 4.69) is 52.6 Å². The average molecular weight is 291 g/mol. The van der Waals surface area contributed by atoms with Crippen molar-refractivity contribution in [3.63, 3.8) is 0 Å². The molecule has 0 amide bonds. The van der Waals surface area contributed by atoms with Crippen molar-refractivity contribution in [1.29, 1.82) is 0 Å². The molecule has 1 aromatic carbocycles. The Labute approximate surface area is 122 Å². The van der Waals surface area contributed by atoms with Gasteiger partial charge in [0, 0.05) is 10.8 Å². The molecule has 110 valence electrons. The van der Waals surface area contributed by atoms with E-state index >= 15 is 0 Å². The molecule has 1 N–H and O–H groups in total. The van der Waals surface area contributed by atoms with E-state index in [0.29, 0.717) is 16.6 Å². The van der Waals surface area contributed by atoms with Crippen molar-refractivity contribution >= 4 is 24.3 Å². The van der Waals surface area contributed by atoms with E-state index in [9.17, 15) is 4.39 Å². The first kappa shape index (κ1) is 15.3. The Hall–Kier alpha value is -1.09. The molecule has 0 aliphatic carbocycles. The van der Waals surface area contributed by atoms with Gasteiger partial charge in [0.25, 0.3) is 0 Å². The maximum absolute atomic E-state index is 13.4. The normalized spacial score (nSPS) is 13.1. The van der Waals surface area contributed by atoms with Gasteiger partial charge in [-0.1, -0.05) is 41.5 Å². The third-order valence-corrected chi connectivity index (χ3v) is 11.9. The second kappa shape index (κ2) is 5.36. The number of aromatic amines is 1. The molecule has 0 bridgehead atoms. The van der Waals surface area contributed by atoms with Crippen molar-refractivity contribution in [2.45, 2.75) is 58.2 Å². The second-order valence-corrected chi connectivity index (χ2v) is 12.7. The molecule has 0 aliphatic heterocycles. The molecule has 2 aromatic rings. The number of benzene rings is 1. The molecule has 1 heterocycles. The first-order chi connectivity index (χ1) is 9.30. The molecule has 1 aromatic heterocycles. The number of rotatable bonds is 4. The number of fused-ring (bicyclic) bond motifs is 1. The van der Waals surface area contributed by atoms with Crippen LogP contribution in [0.3, 0.4) is 0 Å². The topological polar surface area (TPSA) is 15.8 Å². The monoisotopic (exact) mass is 291 g/mol. The summed E-state index contributed by atoms with van der Waals surface area (Å²) >= 11 is 0. The Morgan fingerprint density at radius 3 is 1.95 bits per heavy atom. The van der Waals surface area contributed by atoms with Gasteiger partial charge in [0.2, 0.25) is 0 Å². The quantitative estimate of drug-likeness (QED) is 0.746. The van der Waals surface area contributed by atoms with Crippen molar-refractivity contribution in [2.75, 3.05) is 0 Å². The number of H-pyrrole nitrogens is 1. The highest BCUT2D eigenvalue weighted by Crippen LogP contribution is 2.41. The summed E-state index contributed by atoms with van der Waals surface area (Å²) in [4.78, 5) is 3.54. The third-order valence-electron chi connectivity index (χ3n) is 4.92. The SMILES string of the molecule is CC(C)[Si](c1cc2ccc(F)cc2[nH]1)(C(C)C)C(C)C. The summed E-state index contributed by atoms with van der Waals surface area (Å²) < 4.78 is 13.4. The predicted molar refractivity (Wildman–Crippen MR) is 88.9 cm³/mol. The fourth-order valence-corrected chi connectivity index (χ4v) is 10.9. The molecule has 0 saturated carbocycles. The van der Waals surface area contributed by atoms with E-state index in [1.807, 2.05) is 6.07 Å². The smallest absolute Gasteiger partial charge is 0.125 e. The van der Waals surface area contributed by atoms with Crippen LogP contribution in [0, 0.1) is 5.82 Å². The Kier molecular flexibility index (Phi) is 4.10. The van der Waals surface area contributed by atoms with Gasteiger partial charge in [-0.15, -0.1) is 0 Å². The average Bonchev–Trinajstić information content (AvgIpc) is 2.70. The minimum Gasteiger partial charge on any atom is -0.362 e. The number of nitrogens with one attached hydrogen (secondary N) is 1. The van der Waals surface area contributed by atoms with E-state index in [-0.39, 0.29) is 5.82 Å². The van der Waals surface area contributed by atoms with Crippen molar-refractivity contribution < 1.29 is 4.39 Å². The lowest BCUT2D eigenvalue weighted by atomic mass is 10.2. The highest BCUT2D eigenvalue weighted by molar-refractivity contribution is 6.94. The van der Waals surface area contributed by atoms with Crippen LogP contribution in [-0.4, -0.2) is 13.1 Å². The van der Waals surface area contributed by atoms with Crippen LogP contribution < -0.4 is 5.32 Å². The van der Waals surface area contributed by atoms with Crippen LogP contribution in [0.1, 0.15) is 41.5 Å². The van der Waals surface area contributed by atoms with E-state index in [0.717, 1.165) is 10.9 Å². The van der Waals surface area contributed by atoms with Crippen LogP contribution in [0.2, 0.25) is 16.6 Å². The van der Waals surface area contributed by atoms with Crippen molar-refractivity contribution in [1.82, 2.24) is 4.98 Å². The minimum atomic E-state index is -1.68. The van der Waals surface area contributed by atoms with Crippen LogP contribution >= 0.6 is 0 Å². The van der Waals surface area contributed by atoms with Crippen molar-refractivity contribution in [3.8, 4) is 0 Å². The van der Waals surface area contributed by atoms with Gasteiger partial charge in [-0.25, -0.2) is 4.39 Å². The number of hydrogen-bond donors (Lipinski definition) is 1. The molecule has 0 unspecified atom stereocenters. The Bertz CT molecular complexity index is 576. The van der Waals surface area contributed by atoms with Crippen molar-refractivity contribution in [2.24, 2.45) is 0 Å². The molecule has 0 saturated heterocycles. The molecular formula is C17H26FNSi. The van der Waals surface area contributed by atoms with Gasteiger partial charge < -0.3 is 4.98 Å². The van der Waals surface area contributed by atoms with E-state index < -0.39 is 8.07 Å². The van der Waals surface area contributed by atoms with Gasteiger partial charge in [0.1, 0.15) is 13.9 Å². The number of hydrogen-bond acceptors (Lipinski definition) is 0. The molecule has 0 radical (unpaired) electrons. The predicted octanol–water partition coefficient (Wildman–Crippen LogP) is 5.19. The molecule has 2 rings (SSSR count). The first-order valence-electron chi connectivity index (χ1n) is 7.58. The van der Waals surface area contributed by atoms with Crippen LogP contribution in [0.4, 0.5) is 4.39 Å². The summed E-state index contributed by atoms with van der Waals surface area (Å²) in [6.45, 7) is 14.1. The lowest BCUT2D eigenvalue weighted by Gasteiger charge is -2.42. The summed E-state index contributed by atoms with van der Waals surface area (Å²) in [5, 5.41) is 2.50. The first-order valence-corrected chi connectivity index (χ1v) is 9.82. The standard InChI is InChI=1S/C17H26FNSi/c1-11(2)20(12(3)4,13(5)6)17-9-14-7-8-15(18)10-16(14)19-17/h7-13,19H,1-6H3. The van der Waals surface area contributed by atoms with Crippen LogP contribution in [-0.2, 0) is 0 Å². The molecule has 3 heteroatoms. The minimum absolute atomic E-state index is 0.170. The zero-order chi connectivity index (χ0) is 15.1. The van der Waals surface area contributed by atoms with E-state index in [4.69, 9.17) is 0 Å². The fourth-order valence-electron chi connectivity index (χ4n) is 4.27. The second-order valence-electron chi connectivity index (χ2n) is 6.81. The Morgan fingerprint density at radius 2 is 1.45 bits per heavy atom.